The summed E-state index contributed by atoms with van der Waals surface area (Å²) in [5.74, 6) is -0.349. The van der Waals surface area contributed by atoms with E-state index in [-0.39, 0.29) is 5.75 Å². The smallest absolute Gasteiger partial charge is 0.338 e. The van der Waals surface area contributed by atoms with Crippen molar-refractivity contribution in [2.45, 2.75) is 17.4 Å². The van der Waals surface area contributed by atoms with E-state index in [1.54, 1.807) is 0 Å². The highest BCUT2D eigenvalue weighted by Gasteiger charge is 2.31. The number of rotatable bonds is 4. The topological polar surface area (TPSA) is 46.5 Å². The molecule has 5 heteroatoms. The minimum absolute atomic E-state index is 0.265. The molecule has 0 aliphatic carbocycles. The minimum Gasteiger partial charge on any atom is -0.467 e. The number of benzene rings is 1. The van der Waals surface area contributed by atoms with Gasteiger partial charge in [0.05, 0.1) is 7.11 Å². The number of carbonyl (C=O) groups excluding carboxylic acids is 1. The third-order valence-electron chi connectivity index (χ3n) is 1.96. The molecule has 0 saturated carbocycles. The highest BCUT2D eigenvalue weighted by atomic mass is 79.9. The lowest BCUT2D eigenvalue weighted by molar-refractivity contribution is -0.158. The molecular formula is C11H13BrO3S. The van der Waals surface area contributed by atoms with Crippen LogP contribution in [0.15, 0.2) is 33.6 Å². The van der Waals surface area contributed by atoms with Crippen LogP contribution in [0.2, 0.25) is 0 Å². The van der Waals surface area contributed by atoms with Gasteiger partial charge in [-0.1, -0.05) is 15.9 Å². The molecule has 0 radical (unpaired) electrons. The van der Waals surface area contributed by atoms with Crippen LogP contribution in [0.5, 0.6) is 0 Å². The van der Waals surface area contributed by atoms with E-state index in [0.29, 0.717) is 0 Å². The lowest BCUT2D eigenvalue weighted by atomic mass is 10.1. The molecule has 0 saturated heterocycles. The van der Waals surface area contributed by atoms with E-state index in [2.05, 4.69) is 20.7 Å². The zero-order chi connectivity index (χ0) is 12.2. The Labute approximate surface area is 107 Å². The normalized spacial score (nSPS) is 14.2. The molecule has 1 aromatic rings. The number of aliphatic hydroxyl groups is 1. The Morgan fingerprint density at radius 3 is 2.56 bits per heavy atom. The monoisotopic (exact) mass is 304 g/mol. The summed E-state index contributed by atoms with van der Waals surface area (Å²) in [6, 6.07) is 7.66. The lowest BCUT2D eigenvalue weighted by Gasteiger charge is -2.19. The number of carbonyl (C=O) groups is 1. The first-order chi connectivity index (χ1) is 7.45. The molecule has 0 aromatic heterocycles. The summed E-state index contributed by atoms with van der Waals surface area (Å²) in [7, 11) is 1.26. The molecule has 0 aliphatic rings. The van der Waals surface area contributed by atoms with Gasteiger partial charge >= 0.3 is 5.97 Å². The van der Waals surface area contributed by atoms with Crippen LogP contribution < -0.4 is 0 Å². The fourth-order valence-electron chi connectivity index (χ4n) is 1.03. The Morgan fingerprint density at radius 1 is 1.50 bits per heavy atom. The molecule has 16 heavy (non-hydrogen) atoms. The van der Waals surface area contributed by atoms with Gasteiger partial charge in [0.2, 0.25) is 0 Å². The standard InChI is InChI=1S/C11H13BrO3S/c1-11(14,10(13)15-2)7-16-9-5-3-8(12)4-6-9/h3-6,14H,7H2,1-2H3/t11-/m1/s1. The summed E-state index contributed by atoms with van der Waals surface area (Å²) >= 11 is 4.75. The quantitative estimate of drug-likeness (QED) is 0.686. The minimum atomic E-state index is -1.45. The van der Waals surface area contributed by atoms with Crippen molar-refractivity contribution in [2.24, 2.45) is 0 Å². The highest BCUT2D eigenvalue weighted by Crippen LogP contribution is 2.24. The Bertz CT molecular complexity index is 362. The zero-order valence-corrected chi connectivity index (χ0v) is 11.5. The SMILES string of the molecule is COC(=O)[C@](C)(O)CSc1ccc(Br)cc1. The molecule has 0 spiro atoms. The van der Waals surface area contributed by atoms with Crippen LogP contribution in [0.1, 0.15) is 6.92 Å². The van der Waals surface area contributed by atoms with E-state index in [1.807, 2.05) is 24.3 Å². The van der Waals surface area contributed by atoms with Gasteiger partial charge < -0.3 is 9.84 Å². The van der Waals surface area contributed by atoms with Gasteiger partial charge in [-0.2, -0.15) is 0 Å². The molecule has 3 nitrogen and oxygen atoms in total. The Balaban J connectivity index is 2.57. The average molecular weight is 305 g/mol. The van der Waals surface area contributed by atoms with Crippen LogP contribution in [0.25, 0.3) is 0 Å². The van der Waals surface area contributed by atoms with Crippen molar-refractivity contribution < 1.29 is 14.6 Å². The van der Waals surface area contributed by atoms with Gasteiger partial charge in [0.15, 0.2) is 5.60 Å². The van der Waals surface area contributed by atoms with Gasteiger partial charge in [0, 0.05) is 15.1 Å². The second kappa shape index (κ2) is 5.70. The predicted molar refractivity (Wildman–Crippen MR) is 67.5 cm³/mol. The Hall–Kier alpha value is -0.520. The van der Waals surface area contributed by atoms with E-state index >= 15 is 0 Å². The fraction of sp³-hybridized carbons (Fsp3) is 0.364. The number of halogens is 1. The maximum Gasteiger partial charge on any atom is 0.338 e. The maximum atomic E-state index is 11.2. The molecule has 0 amide bonds. The zero-order valence-electron chi connectivity index (χ0n) is 9.07. The van der Waals surface area contributed by atoms with Crippen molar-refractivity contribution in [3.63, 3.8) is 0 Å². The van der Waals surface area contributed by atoms with Gasteiger partial charge in [-0.25, -0.2) is 4.79 Å². The number of hydrogen-bond donors (Lipinski definition) is 1. The van der Waals surface area contributed by atoms with Crippen LogP contribution in [-0.2, 0) is 9.53 Å². The largest absolute Gasteiger partial charge is 0.467 e. The summed E-state index contributed by atoms with van der Waals surface area (Å²) in [6.07, 6.45) is 0. The summed E-state index contributed by atoms with van der Waals surface area (Å²) in [5, 5.41) is 9.79. The first-order valence-corrected chi connectivity index (χ1v) is 6.43. The van der Waals surface area contributed by atoms with Crippen molar-refractivity contribution in [3.8, 4) is 0 Å². The van der Waals surface area contributed by atoms with Crippen molar-refractivity contribution >= 4 is 33.7 Å². The first-order valence-electron chi connectivity index (χ1n) is 4.65. The molecule has 1 rings (SSSR count). The number of esters is 1. The van der Waals surface area contributed by atoms with E-state index in [4.69, 9.17) is 0 Å². The number of methoxy groups -OCH3 is 1. The van der Waals surface area contributed by atoms with E-state index < -0.39 is 11.6 Å². The fourth-order valence-corrected chi connectivity index (χ4v) is 2.19. The first kappa shape index (κ1) is 13.5. The van der Waals surface area contributed by atoms with Gasteiger partial charge in [-0.3, -0.25) is 0 Å². The number of thioether (sulfide) groups is 1. The number of hydrogen-bond acceptors (Lipinski definition) is 4. The lowest BCUT2D eigenvalue weighted by Crippen LogP contribution is -2.38. The molecule has 1 aromatic carbocycles. The number of ether oxygens (including phenoxy) is 1. The summed E-state index contributed by atoms with van der Waals surface area (Å²) in [4.78, 5) is 12.2. The van der Waals surface area contributed by atoms with E-state index in [9.17, 15) is 9.90 Å². The Morgan fingerprint density at radius 2 is 2.06 bits per heavy atom. The third-order valence-corrected chi connectivity index (χ3v) is 3.80. The van der Waals surface area contributed by atoms with Gasteiger partial charge in [-0.05, 0) is 31.2 Å². The van der Waals surface area contributed by atoms with Crippen LogP contribution in [0.4, 0.5) is 0 Å². The highest BCUT2D eigenvalue weighted by molar-refractivity contribution is 9.10. The average Bonchev–Trinajstić information content (AvgIpc) is 2.27. The second-order valence-corrected chi connectivity index (χ2v) is 5.47. The molecule has 0 heterocycles. The van der Waals surface area contributed by atoms with E-state index in [0.717, 1.165) is 9.37 Å². The van der Waals surface area contributed by atoms with Crippen molar-refractivity contribution in [2.75, 3.05) is 12.9 Å². The maximum absolute atomic E-state index is 11.2. The molecule has 1 atom stereocenters. The predicted octanol–water partition coefficient (Wildman–Crippen LogP) is 2.47. The third kappa shape index (κ3) is 3.81. The van der Waals surface area contributed by atoms with Crippen molar-refractivity contribution in [3.05, 3.63) is 28.7 Å². The summed E-state index contributed by atoms with van der Waals surface area (Å²) in [5.41, 5.74) is -1.45. The summed E-state index contributed by atoms with van der Waals surface area (Å²) < 4.78 is 5.51. The molecule has 0 unspecified atom stereocenters. The molecule has 1 N–H and O–H groups in total. The van der Waals surface area contributed by atoms with Crippen molar-refractivity contribution in [1.29, 1.82) is 0 Å². The molecule has 0 aliphatic heterocycles. The van der Waals surface area contributed by atoms with Crippen LogP contribution >= 0.6 is 27.7 Å². The van der Waals surface area contributed by atoms with Crippen LogP contribution in [0, 0.1) is 0 Å². The van der Waals surface area contributed by atoms with Gasteiger partial charge in [0.1, 0.15) is 0 Å². The van der Waals surface area contributed by atoms with E-state index in [1.165, 1.54) is 25.8 Å². The van der Waals surface area contributed by atoms with Crippen LogP contribution in [0.3, 0.4) is 0 Å². The second-order valence-electron chi connectivity index (χ2n) is 3.51. The van der Waals surface area contributed by atoms with Gasteiger partial charge in [0.25, 0.3) is 0 Å². The van der Waals surface area contributed by atoms with Crippen LogP contribution in [-0.4, -0.2) is 29.5 Å². The molecular weight excluding hydrogens is 292 g/mol. The molecule has 88 valence electrons. The molecule has 0 fully saturated rings. The Kier molecular flexibility index (Phi) is 4.83. The summed E-state index contributed by atoms with van der Waals surface area (Å²) in [6.45, 7) is 1.45. The van der Waals surface area contributed by atoms with Crippen molar-refractivity contribution in [1.82, 2.24) is 0 Å². The molecule has 0 bridgehead atoms. The van der Waals surface area contributed by atoms with Gasteiger partial charge in [-0.15, -0.1) is 11.8 Å².